The van der Waals surface area contributed by atoms with Gasteiger partial charge in [-0.3, -0.25) is 4.57 Å². The van der Waals surface area contributed by atoms with Crippen molar-refractivity contribution < 1.29 is 22.4 Å². The van der Waals surface area contributed by atoms with Crippen LogP contribution < -0.4 is 11.0 Å². The molecule has 0 unspecified atom stereocenters. The molecular weight excluding hydrogens is 559 g/mol. The van der Waals surface area contributed by atoms with Crippen LogP contribution in [0.15, 0.2) is 65.6 Å². The number of hydrogen-bond donors (Lipinski definition) is 1. The number of benzene rings is 2. The summed E-state index contributed by atoms with van der Waals surface area (Å²) in [5.41, 5.74) is 0.176. The first-order chi connectivity index (χ1) is 20.5. The fourth-order valence-corrected chi connectivity index (χ4v) is 5.93. The molecule has 1 fully saturated rings. The normalized spacial score (nSPS) is 15.3. The van der Waals surface area contributed by atoms with Crippen molar-refractivity contribution in [1.82, 2.24) is 24.2 Å². The van der Waals surface area contributed by atoms with E-state index in [1.165, 1.54) is 23.0 Å². The second kappa shape index (κ2) is 11.6. The molecule has 1 amide bonds. The molecule has 0 saturated carbocycles. The molecule has 0 aliphatic carbocycles. The van der Waals surface area contributed by atoms with Crippen molar-refractivity contribution in [1.29, 1.82) is 0 Å². The Morgan fingerprint density at radius 3 is 2.35 bits per heavy atom. The van der Waals surface area contributed by atoms with Gasteiger partial charge in [0.15, 0.2) is 5.69 Å². The summed E-state index contributed by atoms with van der Waals surface area (Å²) in [6, 6.07) is 12.0. The first-order valence-corrected chi connectivity index (χ1v) is 14.2. The van der Waals surface area contributed by atoms with Crippen LogP contribution in [0.3, 0.4) is 0 Å². The highest BCUT2D eigenvalue weighted by molar-refractivity contribution is 5.83. The van der Waals surface area contributed by atoms with Gasteiger partial charge < -0.3 is 9.80 Å². The minimum absolute atomic E-state index is 0.0109. The third kappa shape index (κ3) is 5.60. The summed E-state index contributed by atoms with van der Waals surface area (Å²) < 4.78 is 45.4. The van der Waals surface area contributed by atoms with Gasteiger partial charge >= 0.3 is 17.9 Å². The van der Waals surface area contributed by atoms with Gasteiger partial charge in [-0.25, -0.2) is 23.7 Å². The number of imidazole rings is 1. The maximum Gasteiger partial charge on any atom is 0.416 e. The van der Waals surface area contributed by atoms with Crippen LogP contribution in [0, 0.1) is 13.5 Å². The van der Waals surface area contributed by atoms with E-state index >= 15 is 0 Å². The van der Waals surface area contributed by atoms with Gasteiger partial charge in [0.05, 0.1) is 67.3 Å². The van der Waals surface area contributed by atoms with Gasteiger partial charge in [-0.1, -0.05) is 18.2 Å². The Bertz CT molecular complexity index is 1730. The Hall–Kier alpha value is -4.63. The zero-order chi connectivity index (χ0) is 30.9. The lowest BCUT2D eigenvalue weighted by Gasteiger charge is -2.42. The summed E-state index contributed by atoms with van der Waals surface area (Å²) in [6.07, 6.45) is -1.61. The molecule has 1 saturated heterocycles. The van der Waals surface area contributed by atoms with Crippen LogP contribution in [0.1, 0.15) is 37.9 Å². The molecule has 0 atom stereocenters. The van der Waals surface area contributed by atoms with Gasteiger partial charge in [-0.05, 0) is 57.2 Å². The van der Waals surface area contributed by atoms with E-state index in [4.69, 9.17) is 6.57 Å². The number of rotatable bonds is 6. The fourth-order valence-electron chi connectivity index (χ4n) is 5.93. The molecule has 1 aliphatic rings. The third-order valence-electron chi connectivity index (χ3n) is 8.60. The lowest BCUT2D eigenvalue weighted by molar-refractivity contribution is -0.929. The first-order valence-electron chi connectivity index (χ1n) is 14.2. The number of likely N-dealkylation sites (tertiary alicyclic amines) is 1. The predicted octanol–water partition coefficient (Wildman–Crippen LogP) is 5.95. The average molecular weight is 593 g/mol. The van der Waals surface area contributed by atoms with Crippen LogP contribution in [0.5, 0.6) is 0 Å². The van der Waals surface area contributed by atoms with Gasteiger partial charge in [0.25, 0.3) is 0 Å². The van der Waals surface area contributed by atoms with Gasteiger partial charge in [-0.15, -0.1) is 0 Å². The largest absolute Gasteiger partial charge is 0.416 e. The molecule has 1 aliphatic heterocycles. The van der Waals surface area contributed by atoms with Crippen LogP contribution in [0.4, 0.5) is 23.7 Å². The molecule has 224 valence electrons. The van der Waals surface area contributed by atoms with Gasteiger partial charge in [-0.2, -0.15) is 18.3 Å². The SMILES string of the molecule is [C-]#[N+]c1ccc(-n2nccc2-c2c(C)n(-c3cccc(C(F)(F)F)c3)c(=O)n2C(=O)NC2CC[N+](CC)(CC)CC2)cc1. The summed E-state index contributed by atoms with van der Waals surface area (Å²) in [5.74, 6) is 0. The number of quaternary nitrogens is 1. The highest BCUT2D eigenvalue weighted by Gasteiger charge is 2.34. The smallest absolute Gasteiger partial charge is 0.334 e. The first kappa shape index (κ1) is 29.8. The van der Waals surface area contributed by atoms with E-state index in [0.717, 1.165) is 64.8 Å². The zero-order valence-electron chi connectivity index (χ0n) is 24.2. The topological polar surface area (TPSA) is 78.2 Å². The number of hydrogen-bond acceptors (Lipinski definition) is 3. The van der Waals surface area contributed by atoms with Crippen LogP contribution in [0.2, 0.25) is 0 Å². The number of aromatic nitrogens is 4. The van der Waals surface area contributed by atoms with Crippen LogP contribution in [-0.4, -0.2) is 61.6 Å². The summed E-state index contributed by atoms with van der Waals surface area (Å²) >= 11 is 0. The number of carbonyl (C=O) groups excluding carboxylic acids is 1. The molecule has 43 heavy (non-hydrogen) atoms. The molecule has 12 heteroatoms. The Morgan fingerprint density at radius 2 is 1.74 bits per heavy atom. The third-order valence-corrected chi connectivity index (χ3v) is 8.60. The minimum Gasteiger partial charge on any atom is -0.334 e. The van der Waals surface area contributed by atoms with Crippen LogP contribution in [-0.2, 0) is 6.18 Å². The summed E-state index contributed by atoms with van der Waals surface area (Å²) in [5, 5.41) is 7.42. The second-order valence-electron chi connectivity index (χ2n) is 10.8. The Labute approximate surface area is 247 Å². The van der Waals surface area contributed by atoms with Crippen molar-refractivity contribution in [3.05, 3.63) is 94.0 Å². The molecule has 2 aromatic heterocycles. The van der Waals surface area contributed by atoms with E-state index in [1.54, 1.807) is 37.3 Å². The second-order valence-corrected chi connectivity index (χ2v) is 10.8. The maximum absolute atomic E-state index is 14.0. The molecule has 0 spiro atoms. The molecular formula is C31H33F3N7O2+. The number of amides is 1. The average Bonchev–Trinajstić information content (AvgIpc) is 3.59. The van der Waals surface area contributed by atoms with Crippen LogP contribution >= 0.6 is 0 Å². The summed E-state index contributed by atoms with van der Waals surface area (Å²) in [6.45, 7) is 16.9. The van der Waals surface area contributed by atoms with E-state index in [1.807, 2.05) is 0 Å². The Balaban J connectivity index is 1.62. The molecule has 5 rings (SSSR count). The zero-order valence-corrected chi connectivity index (χ0v) is 24.2. The number of carbonyl (C=O) groups is 1. The minimum atomic E-state index is -4.61. The van der Waals surface area contributed by atoms with E-state index in [0.29, 0.717) is 17.1 Å². The number of alkyl halides is 3. The maximum atomic E-state index is 14.0. The van der Waals surface area contributed by atoms with Crippen LogP contribution in [0.25, 0.3) is 27.6 Å². The lowest BCUT2D eigenvalue weighted by Crippen LogP contribution is -2.57. The van der Waals surface area contributed by atoms with Crippen molar-refractivity contribution in [2.75, 3.05) is 26.2 Å². The molecule has 0 bridgehead atoms. The number of nitrogens with one attached hydrogen (secondary N) is 1. The monoisotopic (exact) mass is 592 g/mol. The highest BCUT2D eigenvalue weighted by Crippen LogP contribution is 2.32. The molecule has 0 radical (unpaired) electrons. The van der Waals surface area contributed by atoms with Gasteiger partial charge in [0, 0.05) is 18.9 Å². The quantitative estimate of drug-likeness (QED) is 0.222. The summed E-state index contributed by atoms with van der Waals surface area (Å²) in [4.78, 5) is 31.3. The molecule has 2 aromatic carbocycles. The number of nitrogens with zero attached hydrogens (tertiary/aromatic N) is 6. The van der Waals surface area contributed by atoms with Crippen molar-refractivity contribution in [3.63, 3.8) is 0 Å². The lowest BCUT2D eigenvalue weighted by atomic mass is 10.0. The van der Waals surface area contributed by atoms with Crippen molar-refractivity contribution >= 4 is 11.7 Å². The predicted molar refractivity (Wildman–Crippen MR) is 157 cm³/mol. The Morgan fingerprint density at radius 1 is 1.07 bits per heavy atom. The van der Waals surface area contributed by atoms with Crippen molar-refractivity contribution in [2.24, 2.45) is 0 Å². The molecule has 3 heterocycles. The molecule has 9 nitrogen and oxygen atoms in total. The summed E-state index contributed by atoms with van der Waals surface area (Å²) in [7, 11) is 0. The Kier molecular flexibility index (Phi) is 8.03. The van der Waals surface area contributed by atoms with E-state index in [-0.39, 0.29) is 23.1 Å². The van der Waals surface area contributed by atoms with Crippen molar-refractivity contribution in [2.45, 2.75) is 45.8 Å². The van der Waals surface area contributed by atoms with Gasteiger partial charge in [0.1, 0.15) is 5.69 Å². The molecule has 4 aromatic rings. The highest BCUT2D eigenvalue weighted by atomic mass is 19.4. The fraction of sp³-hybridized carbons (Fsp3) is 0.355. The van der Waals surface area contributed by atoms with E-state index in [2.05, 4.69) is 29.1 Å². The van der Waals surface area contributed by atoms with E-state index in [9.17, 15) is 22.8 Å². The van der Waals surface area contributed by atoms with Crippen molar-refractivity contribution in [3.8, 4) is 22.8 Å². The van der Waals surface area contributed by atoms with E-state index < -0.39 is 23.5 Å². The molecule has 1 N–H and O–H groups in total. The van der Waals surface area contributed by atoms with Gasteiger partial charge in [0.2, 0.25) is 0 Å². The number of piperidine rings is 1. The number of halogens is 3. The standard InChI is InChI=1S/C31H32F3N7O2/c1-5-41(6-2)18-15-24(16-19-41)37-29(42)39-28(27-14-17-36-40(27)25-12-10-23(35-4)11-13-25)21(3)38(30(39)43)26-9-7-8-22(20-26)31(32,33)34/h7-14,17,20,24H,5-6,15-16,18-19H2,1-3H3/p+1.